The SMILES string of the molecule is CCC(C)[C@H](CC(=O)OC(C)(C)C)C(=O)OCOC(=O)N(C)[C@]1(c2ccccc2Cl)CCCCC1=O. The Kier molecular flexibility index (Phi) is 10.3. The van der Waals surface area contributed by atoms with Gasteiger partial charge in [-0.25, -0.2) is 4.79 Å². The zero-order valence-corrected chi connectivity index (χ0v) is 22.9. The maximum Gasteiger partial charge on any atom is 0.413 e. The quantitative estimate of drug-likeness (QED) is 0.305. The molecule has 1 aromatic rings. The van der Waals surface area contributed by atoms with Gasteiger partial charge in [-0.2, -0.15) is 0 Å². The van der Waals surface area contributed by atoms with Crippen molar-refractivity contribution in [3.63, 3.8) is 0 Å². The lowest BCUT2D eigenvalue weighted by Gasteiger charge is -2.43. The lowest BCUT2D eigenvalue weighted by molar-refractivity contribution is -0.167. The number of halogens is 1. The van der Waals surface area contributed by atoms with Crippen LogP contribution in [0.3, 0.4) is 0 Å². The Morgan fingerprint density at radius 3 is 2.39 bits per heavy atom. The highest BCUT2D eigenvalue weighted by Crippen LogP contribution is 2.42. The van der Waals surface area contributed by atoms with Crippen LogP contribution in [0.2, 0.25) is 5.02 Å². The molecule has 1 aliphatic rings. The summed E-state index contributed by atoms with van der Waals surface area (Å²) in [6.45, 7) is 8.37. The second-order valence-electron chi connectivity index (χ2n) is 10.3. The number of carbonyl (C=O) groups is 4. The summed E-state index contributed by atoms with van der Waals surface area (Å²) in [6, 6.07) is 6.95. The molecule has 9 heteroatoms. The molecule has 0 spiro atoms. The van der Waals surface area contributed by atoms with Crippen LogP contribution in [0, 0.1) is 11.8 Å². The van der Waals surface area contributed by atoms with E-state index in [4.69, 9.17) is 25.8 Å². The predicted octanol–water partition coefficient (Wildman–Crippen LogP) is 5.64. The molecule has 0 heterocycles. The second kappa shape index (κ2) is 12.6. The Balaban J connectivity index is 2.09. The van der Waals surface area contributed by atoms with E-state index in [2.05, 4.69) is 0 Å². The summed E-state index contributed by atoms with van der Waals surface area (Å²) in [6.07, 6.45) is 1.90. The zero-order chi connectivity index (χ0) is 27.1. The number of hydrogen-bond donors (Lipinski definition) is 0. The number of nitrogens with zero attached hydrogens (tertiary/aromatic N) is 1. The number of carbonyl (C=O) groups excluding carboxylic acids is 4. The summed E-state index contributed by atoms with van der Waals surface area (Å²) in [5.41, 5.74) is -1.38. The minimum absolute atomic E-state index is 0.118. The second-order valence-corrected chi connectivity index (χ2v) is 10.7. The van der Waals surface area contributed by atoms with Gasteiger partial charge in [0.05, 0.1) is 12.3 Å². The van der Waals surface area contributed by atoms with Gasteiger partial charge < -0.3 is 14.2 Å². The number of Topliss-reactive ketones (excluding diaryl/α,β-unsaturated/α-hetero) is 1. The third-order valence-electron chi connectivity index (χ3n) is 6.64. The lowest BCUT2D eigenvalue weighted by Crippen LogP contribution is -2.54. The number of benzene rings is 1. The maximum atomic E-state index is 13.2. The minimum atomic E-state index is -1.26. The van der Waals surface area contributed by atoms with Crippen molar-refractivity contribution < 1.29 is 33.4 Å². The highest BCUT2D eigenvalue weighted by molar-refractivity contribution is 6.31. The smallest absolute Gasteiger partial charge is 0.413 e. The Morgan fingerprint density at radius 1 is 1.14 bits per heavy atom. The van der Waals surface area contributed by atoms with Crippen molar-refractivity contribution in [2.24, 2.45) is 11.8 Å². The molecule has 0 saturated heterocycles. The van der Waals surface area contributed by atoms with E-state index < -0.39 is 41.9 Å². The van der Waals surface area contributed by atoms with Crippen LogP contribution >= 0.6 is 11.6 Å². The van der Waals surface area contributed by atoms with Crippen molar-refractivity contribution in [1.82, 2.24) is 4.90 Å². The number of ether oxygens (including phenoxy) is 3. The number of esters is 2. The van der Waals surface area contributed by atoms with Gasteiger partial charge in [0.25, 0.3) is 0 Å². The first-order chi connectivity index (χ1) is 16.8. The van der Waals surface area contributed by atoms with E-state index in [9.17, 15) is 19.2 Å². The number of ketones is 1. The average Bonchev–Trinajstić information content (AvgIpc) is 2.81. The summed E-state index contributed by atoms with van der Waals surface area (Å²) >= 11 is 6.43. The average molecular weight is 524 g/mol. The van der Waals surface area contributed by atoms with Crippen LogP contribution in [0.1, 0.15) is 78.7 Å². The van der Waals surface area contributed by atoms with Crippen molar-refractivity contribution in [2.45, 2.75) is 84.3 Å². The van der Waals surface area contributed by atoms with E-state index in [-0.39, 0.29) is 18.1 Å². The lowest BCUT2D eigenvalue weighted by atomic mass is 9.74. The van der Waals surface area contributed by atoms with Gasteiger partial charge in [0.15, 0.2) is 5.78 Å². The molecule has 36 heavy (non-hydrogen) atoms. The van der Waals surface area contributed by atoms with Crippen molar-refractivity contribution in [2.75, 3.05) is 13.8 Å². The van der Waals surface area contributed by atoms with Gasteiger partial charge in [0.2, 0.25) is 6.79 Å². The molecule has 1 saturated carbocycles. The van der Waals surface area contributed by atoms with Gasteiger partial charge in [-0.15, -0.1) is 0 Å². The van der Waals surface area contributed by atoms with E-state index in [1.807, 2.05) is 13.8 Å². The van der Waals surface area contributed by atoms with Gasteiger partial charge in [0.1, 0.15) is 11.1 Å². The fourth-order valence-electron chi connectivity index (χ4n) is 4.49. The molecule has 0 aliphatic heterocycles. The highest BCUT2D eigenvalue weighted by atomic mass is 35.5. The summed E-state index contributed by atoms with van der Waals surface area (Å²) < 4.78 is 15.8. The molecule has 0 bridgehead atoms. The highest BCUT2D eigenvalue weighted by Gasteiger charge is 2.48. The van der Waals surface area contributed by atoms with Gasteiger partial charge in [-0.3, -0.25) is 19.3 Å². The summed E-state index contributed by atoms with van der Waals surface area (Å²) in [5, 5.41) is 0.386. The van der Waals surface area contributed by atoms with Crippen molar-refractivity contribution in [3.05, 3.63) is 34.9 Å². The van der Waals surface area contributed by atoms with E-state index in [0.717, 1.165) is 12.8 Å². The number of amides is 1. The third-order valence-corrected chi connectivity index (χ3v) is 6.97. The first-order valence-corrected chi connectivity index (χ1v) is 12.8. The Labute approximate surface area is 218 Å². The molecule has 1 amide bonds. The standard InChI is InChI=1S/C27H38ClNO7/c1-7-18(2)19(16-23(31)36-26(3,4)5)24(32)34-17-35-25(33)29(6)27(15-11-10-14-22(27)30)20-12-8-9-13-21(20)28/h8-9,12-13,18-19H,7,10-11,14-17H2,1-6H3/t18?,19-,27-/m0/s1. The molecule has 1 aromatic carbocycles. The fourth-order valence-corrected chi connectivity index (χ4v) is 4.78. The van der Waals surface area contributed by atoms with Crippen LogP contribution in [-0.4, -0.2) is 48.2 Å². The minimum Gasteiger partial charge on any atom is -0.460 e. The maximum absolute atomic E-state index is 13.2. The van der Waals surface area contributed by atoms with Crippen LogP contribution in [0.25, 0.3) is 0 Å². The van der Waals surface area contributed by atoms with Crippen LogP contribution in [0.5, 0.6) is 0 Å². The molecule has 0 aromatic heterocycles. The molecule has 3 atom stereocenters. The monoisotopic (exact) mass is 523 g/mol. The molecule has 2 rings (SSSR count). The summed E-state index contributed by atoms with van der Waals surface area (Å²) in [4.78, 5) is 52.5. The van der Waals surface area contributed by atoms with Gasteiger partial charge in [-0.1, -0.05) is 50.1 Å². The Morgan fingerprint density at radius 2 is 1.81 bits per heavy atom. The number of likely N-dealkylation sites (N-methyl/N-ethyl adjacent to an activating group) is 1. The normalized spacial score (nSPS) is 19.7. The topological polar surface area (TPSA) is 99.2 Å². The number of hydrogen-bond acceptors (Lipinski definition) is 7. The Bertz CT molecular complexity index is 958. The van der Waals surface area contributed by atoms with Gasteiger partial charge in [-0.05, 0) is 52.0 Å². The molecule has 200 valence electrons. The van der Waals surface area contributed by atoms with Gasteiger partial charge in [0, 0.05) is 24.1 Å². The van der Waals surface area contributed by atoms with E-state index in [1.54, 1.807) is 45.0 Å². The molecule has 0 N–H and O–H groups in total. The molecule has 1 unspecified atom stereocenters. The molecular weight excluding hydrogens is 486 g/mol. The van der Waals surface area contributed by atoms with Crippen LogP contribution in [0.15, 0.2) is 24.3 Å². The van der Waals surface area contributed by atoms with Crippen LogP contribution in [-0.2, 0) is 34.1 Å². The first-order valence-electron chi connectivity index (χ1n) is 12.4. The molecule has 0 radical (unpaired) electrons. The van der Waals surface area contributed by atoms with Crippen LogP contribution in [0.4, 0.5) is 4.79 Å². The largest absolute Gasteiger partial charge is 0.460 e. The van der Waals surface area contributed by atoms with E-state index >= 15 is 0 Å². The predicted molar refractivity (Wildman–Crippen MR) is 135 cm³/mol. The Hall–Kier alpha value is -2.61. The molecule has 1 fully saturated rings. The van der Waals surface area contributed by atoms with Gasteiger partial charge >= 0.3 is 18.0 Å². The van der Waals surface area contributed by atoms with Crippen LogP contribution < -0.4 is 0 Å². The zero-order valence-electron chi connectivity index (χ0n) is 22.1. The first kappa shape index (κ1) is 29.6. The summed E-state index contributed by atoms with van der Waals surface area (Å²) in [5.74, 6) is -2.16. The number of rotatable bonds is 9. The molecule has 1 aliphatic carbocycles. The van der Waals surface area contributed by atoms with Crippen molar-refractivity contribution >= 4 is 35.4 Å². The third kappa shape index (κ3) is 7.21. The van der Waals surface area contributed by atoms with E-state index in [1.165, 1.54) is 11.9 Å². The van der Waals surface area contributed by atoms with Crippen molar-refractivity contribution in [3.8, 4) is 0 Å². The van der Waals surface area contributed by atoms with E-state index in [0.29, 0.717) is 29.8 Å². The molecule has 8 nitrogen and oxygen atoms in total. The molecular formula is C27H38ClNO7. The van der Waals surface area contributed by atoms with Crippen molar-refractivity contribution in [1.29, 1.82) is 0 Å². The fraction of sp³-hybridized carbons (Fsp3) is 0.630. The summed E-state index contributed by atoms with van der Waals surface area (Å²) in [7, 11) is 1.49.